The fraction of sp³-hybridized carbons (Fsp3) is 0.593. The van der Waals surface area contributed by atoms with Gasteiger partial charge >= 0.3 is 0 Å². The van der Waals surface area contributed by atoms with Crippen LogP contribution in [-0.4, -0.2) is 91.1 Å². The third-order valence-electron chi connectivity index (χ3n) is 7.57. The Hall–Kier alpha value is -2.85. The number of halogens is 2. The largest absolute Gasteiger partial charge is 0.355 e. The highest BCUT2D eigenvalue weighted by Gasteiger charge is 2.39. The van der Waals surface area contributed by atoms with E-state index in [1.54, 1.807) is 4.90 Å². The number of carbonyl (C=O) groups excluding carboxylic acids is 2. The van der Waals surface area contributed by atoms with Crippen molar-refractivity contribution in [2.45, 2.75) is 50.6 Å². The molecule has 2 heterocycles. The molecule has 1 aromatic heterocycles. The summed E-state index contributed by atoms with van der Waals surface area (Å²) in [4.78, 5) is 32.9. The molecule has 4 rings (SSSR count). The molecule has 1 aliphatic heterocycles. The maximum absolute atomic E-state index is 14.2. The van der Waals surface area contributed by atoms with Crippen molar-refractivity contribution >= 4 is 11.8 Å². The number of aromatic nitrogens is 1. The molecule has 8 nitrogen and oxygen atoms in total. The zero-order valence-corrected chi connectivity index (χ0v) is 21.9. The number of nitrogens with zero attached hydrogens (tertiary/aromatic N) is 4. The summed E-state index contributed by atoms with van der Waals surface area (Å²) in [5.41, 5.74) is 0.00454. The first-order valence-corrected chi connectivity index (χ1v) is 13.1. The first-order valence-electron chi connectivity index (χ1n) is 13.1. The SMILES string of the molecule is CN(C)CCN(C)C(=O)[C@@H]1CN(C2CCCCC2)CC[C@H]1NC(=O)c1cc(-c2ccc(F)cc2F)on1. The molecule has 10 heteroatoms. The van der Waals surface area contributed by atoms with E-state index >= 15 is 0 Å². The van der Waals surface area contributed by atoms with Crippen LogP contribution >= 0.6 is 0 Å². The van der Waals surface area contributed by atoms with Gasteiger partial charge in [-0.2, -0.15) is 0 Å². The molecule has 1 aliphatic carbocycles. The first-order chi connectivity index (χ1) is 17.7. The van der Waals surface area contributed by atoms with E-state index in [-0.39, 0.29) is 34.9 Å². The fourth-order valence-electron chi connectivity index (χ4n) is 5.36. The molecule has 0 unspecified atom stereocenters. The standard InChI is InChI=1S/C27H37F2N5O3/c1-32(2)13-14-33(3)27(36)21-17-34(19-7-5-4-6-8-19)12-11-23(21)30-26(35)24-16-25(37-31-24)20-10-9-18(28)15-22(20)29/h9-10,15-16,19,21,23H,4-8,11-14,17H2,1-3H3,(H,30,35)/t21-,23-/m1/s1. The van der Waals surface area contributed by atoms with Crippen molar-refractivity contribution in [3.63, 3.8) is 0 Å². The number of hydrogen-bond acceptors (Lipinski definition) is 6. The molecule has 2 fully saturated rings. The molecule has 0 spiro atoms. The first kappa shape index (κ1) is 27.2. The summed E-state index contributed by atoms with van der Waals surface area (Å²) >= 11 is 0. The van der Waals surface area contributed by atoms with Crippen LogP contribution in [0.4, 0.5) is 8.78 Å². The average Bonchev–Trinajstić information content (AvgIpc) is 3.37. The molecular formula is C27H37F2N5O3. The second-order valence-electron chi connectivity index (χ2n) is 10.5. The molecule has 2 aliphatic rings. The number of rotatable bonds is 8. The number of likely N-dealkylation sites (N-methyl/N-ethyl adjacent to an activating group) is 2. The maximum Gasteiger partial charge on any atom is 0.273 e. The van der Waals surface area contributed by atoms with Gasteiger partial charge in [0.25, 0.3) is 5.91 Å². The number of piperidine rings is 1. The molecule has 0 bridgehead atoms. The van der Waals surface area contributed by atoms with Gasteiger partial charge in [0.15, 0.2) is 11.5 Å². The third kappa shape index (κ3) is 6.73. The molecule has 1 aromatic carbocycles. The lowest BCUT2D eigenvalue weighted by atomic mass is 9.86. The van der Waals surface area contributed by atoms with Crippen molar-refractivity contribution in [1.82, 2.24) is 25.2 Å². The molecule has 1 saturated heterocycles. The third-order valence-corrected chi connectivity index (χ3v) is 7.57. The van der Waals surface area contributed by atoms with Gasteiger partial charge in [0.1, 0.15) is 11.6 Å². The summed E-state index contributed by atoms with van der Waals surface area (Å²) in [6.45, 7) is 2.76. The van der Waals surface area contributed by atoms with E-state index in [0.29, 0.717) is 25.6 Å². The molecule has 2 atom stereocenters. The van der Waals surface area contributed by atoms with Crippen molar-refractivity contribution in [3.8, 4) is 11.3 Å². The van der Waals surface area contributed by atoms with Crippen molar-refractivity contribution < 1.29 is 22.9 Å². The Morgan fingerprint density at radius 1 is 1.08 bits per heavy atom. The van der Waals surface area contributed by atoms with Crippen molar-refractivity contribution in [2.24, 2.45) is 5.92 Å². The lowest BCUT2D eigenvalue weighted by Crippen LogP contribution is -2.58. The van der Waals surface area contributed by atoms with E-state index in [0.717, 1.165) is 38.1 Å². The Bertz CT molecular complexity index is 1090. The molecule has 1 N–H and O–H groups in total. The van der Waals surface area contributed by atoms with Crippen LogP contribution in [0.25, 0.3) is 11.3 Å². The normalized spacial score (nSPS) is 21.2. The predicted octanol–water partition coefficient (Wildman–Crippen LogP) is 3.39. The summed E-state index contributed by atoms with van der Waals surface area (Å²) in [6, 6.07) is 4.57. The van der Waals surface area contributed by atoms with Gasteiger partial charge < -0.3 is 19.6 Å². The Morgan fingerprint density at radius 2 is 1.84 bits per heavy atom. The topological polar surface area (TPSA) is 81.9 Å². The lowest BCUT2D eigenvalue weighted by Gasteiger charge is -2.43. The summed E-state index contributed by atoms with van der Waals surface area (Å²) in [7, 11) is 5.75. The van der Waals surface area contributed by atoms with Crippen LogP contribution in [0.2, 0.25) is 0 Å². The summed E-state index contributed by atoms with van der Waals surface area (Å²) in [5, 5.41) is 6.80. The van der Waals surface area contributed by atoms with E-state index in [4.69, 9.17) is 4.52 Å². The second kappa shape index (κ2) is 12.1. The van der Waals surface area contributed by atoms with Crippen LogP contribution in [-0.2, 0) is 4.79 Å². The highest BCUT2D eigenvalue weighted by molar-refractivity contribution is 5.94. The minimum Gasteiger partial charge on any atom is -0.355 e. The number of amides is 2. The van der Waals surface area contributed by atoms with Gasteiger partial charge in [-0.15, -0.1) is 0 Å². The monoisotopic (exact) mass is 517 g/mol. The van der Waals surface area contributed by atoms with Crippen molar-refractivity contribution in [2.75, 3.05) is 47.3 Å². The van der Waals surface area contributed by atoms with Gasteiger partial charge in [-0.1, -0.05) is 24.4 Å². The van der Waals surface area contributed by atoms with E-state index in [2.05, 4.69) is 15.4 Å². The Morgan fingerprint density at radius 3 is 2.54 bits per heavy atom. The number of benzene rings is 1. The molecular weight excluding hydrogens is 480 g/mol. The fourth-order valence-corrected chi connectivity index (χ4v) is 5.36. The molecule has 1 saturated carbocycles. The van der Waals surface area contributed by atoms with E-state index in [1.165, 1.54) is 31.4 Å². The number of likely N-dealkylation sites (tertiary alicyclic amines) is 1. The Balaban J connectivity index is 1.48. The van der Waals surface area contributed by atoms with Gasteiger partial charge in [-0.25, -0.2) is 8.78 Å². The van der Waals surface area contributed by atoms with Crippen LogP contribution in [0, 0.1) is 17.6 Å². The maximum atomic E-state index is 14.2. The number of nitrogens with one attached hydrogen (secondary N) is 1. The van der Waals surface area contributed by atoms with Gasteiger partial charge in [-0.05, 0) is 45.5 Å². The van der Waals surface area contributed by atoms with Crippen LogP contribution in [0.5, 0.6) is 0 Å². The molecule has 0 radical (unpaired) electrons. The van der Waals surface area contributed by atoms with Crippen LogP contribution < -0.4 is 5.32 Å². The van der Waals surface area contributed by atoms with Gasteiger partial charge in [0.2, 0.25) is 5.91 Å². The average molecular weight is 518 g/mol. The summed E-state index contributed by atoms with van der Waals surface area (Å²) < 4.78 is 32.6. The second-order valence-corrected chi connectivity index (χ2v) is 10.5. The molecule has 2 aromatic rings. The minimum absolute atomic E-state index is 0.0133. The van der Waals surface area contributed by atoms with Gasteiger partial charge in [0.05, 0.1) is 11.5 Å². The minimum atomic E-state index is -0.801. The number of hydrogen-bond donors (Lipinski definition) is 1. The van der Waals surface area contributed by atoms with Crippen LogP contribution in [0.15, 0.2) is 28.8 Å². The zero-order chi connectivity index (χ0) is 26.5. The van der Waals surface area contributed by atoms with Crippen LogP contribution in [0.3, 0.4) is 0 Å². The number of carbonyl (C=O) groups is 2. The highest BCUT2D eigenvalue weighted by atomic mass is 19.1. The molecule has 202 valence electrons. The predicted molar refractivity (Wildman–Crippen MR) is 136 cm³/mol. The van der Waals surface area contributed by atoms with E-state index < -0.39 is 17.5 Å². The zero-order valence-electron chi connectivity index (χ0n) is 21.9. The molecule has 2 amide bonds. The van der Waals surface area contributed by atoms with Crippen molar-refractivity contribution in [3.05, 3.63) is 41.6 Å². The van der Waals surface area contributed by atoms with E-state index in [9.17, 15) is 18.4 Å². The Kier molecular flexibility index (Phi) is 8.91. The van der Waals surface area contributed by atoms with E-state index in [1.807, 2.05) is 26.0 Å². The molecule has 37 heavy (non-hydrogen) atoms. The smallest absolute Gasteiger partial charge is 0.273 e. The Labute approximate surface area is 216 Å². The van der Waals surface area contributed by atoms with Crippen LogP contribution in [0.1, 0.15) is 49.0 Å². The summed E-state index contributed by atoms with van der Waals surface area (Å²) in [5.74, 6) is -2.32. The lowest BCUT2D eigenvalue weighted by molar-refractivity contribution is -0.137. The van der Waals surface area contributed by atoms with Crippen molar-refractivity contribution in [1.29, 1.82) is 0 Å². The quantitative estimate of drug-likeness (QED) is 0.578. The van der Waals surface area contributed by atoms with Gasteiger partial charge in [-0.3, -0.25) is 14.5 Å². The summed E-state index contributed by atoms with van der Waals surface area (Å²) in [6.07, 6.45) is 6.64. The highest BCUT2D eigenvalue weighted by Crippen LogP contribution is 2.29. The van der Waals surface area contributed by atoms with Gasteiger partial charge in [0, 0.05) is 57.4 Å².